The van der Waals surface area contributed by atoms with Crippen LogP contribution in [0, 0.1) is 0 Å². The van der Waals surface area contributed by atoms with Crippen molar-refractivity contribution < 1.29 is 9.90 Å². The summed E-state index contributed by atoms with van der Waals surface area (Å²) in [5.41, 5.74) is 0.428. The van der Waals surface area contributed by atoms with Crippen LogP contribution in [0.2, 0.25) is 0 Å². The topological polar surface area (TPSA) is 106 Å². The highest BCUT2D eigenvalue weighted by atomic mass is 32.2. The number of aromatic nitrogens is 5. The summed E-state index contributed by atoms with van der Waals surface area (Å²) >= 11 is 2.71. The number of aliphatic hydroxyl groups is 1. The number of rotatable bonds is 7. The lowest BCUT2D eigenvalue weighted by molar-refractivity contribution is -0.116. The largest absolute Gasteiger partial charge is 0.387 e. The summed E-state index contributed by atoms with van der Waals surface area (Å²) in [5, 5.41) is 20.7. The number of hydrogen-bond acceptors (Lipinski definition) is 8. The van der Waals surface area contributed by atoms with Crippen molar-refractivity contribution in [2.24, 2.45) is 0 Å². The molecule has 21 heavy (non-hydrogen) atoms. The first kappa shape index (κ1) is 15.9. The second-order valence-corrected chi connectivity index (χ2v) is 6.11. The van der Waals surface area contributed by atoms with Gasteiger partial charge in [0.25, 0.3) is 0 Å². The second kappa shape index (κ2) is 7.48. The van der Waals surface area contributed by atoms with E-state index in [2.05, 4.69) is 31.9 Å². The molecule has 0 spiro atoms. The van der Waals surface area contributed by atoms with Gasteiger partial charge in [0, 0.05) is 17.3 Å². The Morgan fingerprint density at radius 3 is 3.10 bits per heavy atom. The minimum absolute atomic E-state index is 0.0107. The van der Waals surface area contributed by atoms with Gasteiger partial charge >= 0.3 is 0 Å². The van der Waals surface area contributed by atoms with Crippen molar-refractivity contribution >= 4 is 34.3 Å². The summed E-state index contributed by atoms with van der Waals surface area (Å²) in [4.78, 5) is 16.1. The fraction of sp³-hybridized carbons (Fsp3) is 0.545. The van der Waals surface area contributed by atoms with Gasteiger partial charge in [-0.2, -0.15) is 9.36 Å². The smallest absolute Gasteiger partial charge is 0.247 e. The minimum Gasteiger partial charge on any atom is -0.387 e. The molecular weight excluding hydrogens is 312 g/mol. The molecule has 1 unspecified atom stereocenters. The van der Waals surface area contributed by atoms with Crippen LogP contribution >= 0.6 is 23.3 Å². The van der Waals surface area contributed by atoms with Crippen molar-refractivity contribution in [3.05, 3.63) is 11.9 Å². The SMILES string of the molecule is CCCSc1nsc(NC(=O)Cn2cc(C(C)O)nn2)n1. The molecule has 2 aromatic rings. The average molecular weight is 328 g/mol. The molecule has 2 heterocycles. The molecule has 2 N–H and O–H groups in total. The van der Waals surface area contributed by atoms with E-state index in [0.29, 0.717) is 16.0 Å². The molecule has 0 radical (unpaired) electrons. The quantitative estimate of drug-likeness (QED) is 0.738. The van der Waals surface area contributed by atoms with E-state index in [4.69, 9.17) is 0 Å². The van der Waals surface area contributed by atoms with E-state index in [1.54, 1.807) is 18.7 Å². The van der Waals surface area contributed by atoms with Gasteiger partial charge in [0.15, 0.2) is 0 Å². The molecule has 0 aliphatic rings. The van der Waals surface area contributed by atoms with E-state index < -0.39 is 6.10 Å². The van der Waals surface area contributed by atoms with Crippen LogP contribution in [-0.2, 0) is 11.3 Å². The van der Waals surface area contributed by atoms with E-state index in [1.807, 2.05) is 0 Å². The molecule has 0 aliphatic heterocycles. The van der Waals surface area contributed by atoms with Gasteiger partial charge in [-0.15, -0.1) is 5.10 Å². The molecule has 0 aliphatic carbocycles. The molecule has 1 atom stereocenters. The van der Waals surface area contributed by atoms with E-state index >= 15 is 0 Å². The van der Waals surface area contributed by atoms with Crippen molar-refractivity contribution in [3.63, 3.8) is 0 Å². The van der Waals surface area contributed by atoms with Crippen LogP contribution in [0.25, 0.3) is 0 Å². The van der Waals surface area contributed by atoms with Crippen LogP contribution in [0.5, 0.6) is 0 Å². The van der Waals surface area contributed by atoms with Gasteiger partial charge in [0.2, 0.25) is 16.2 Å². The van der Waals surface area contributed by atoms with Gasteiger partial charge in [-0.3, -0.25) is 10.1 Å². The molecule has 1 amide bonds. The predicted octanol–water partition coefficient (Wildman–Crippen LogP) is 1.32. The second-order valence-electron chi connectivity index (χ2n) is 4.30. The number of amides is 1. The Morgan fingerprint density at radius 2 is 2.43 bits per heavy atom. The zero-order valence-electron chi connectivity index (χ0n) is 11.7. The number of hydrogen-bond donors (Lipinski definition) is 2. The maximum Gasteiger partial charge on any atom is 0.247 e. The number of carbonyl (C=O) groups excluding carboxylic acids is 1. The molecular formula is C11H16N6O2S2. The molecule has 0 saturated carbocycles. The molecule has 10 heteroatoms. The zero-order valence-corrected chi connectivity index (χ0v) is 13.3. The molecule has 0 bridgehead atoms. The Kier molecular flexibility index (Phi) is 5.65. The lowest BCUT2D eigenvalue weighted by Crippen LogP contribution is -2.19. The monoisotopic (exact) mass is 328 g/mol. The number of nitrogens with one attached hydrogen (secondary N) is 1. The van der Waals surface area contributed by atoms with Gasteiger partial charge in [0.05, 0.1) is 12.3 Å². The van der Waals surface area contributed by atoms with Crippen molar-refractivity contribution in [1.29, 1.82) is 0 Å². The van der Waals surface area contributed by atoms with Crippen molar-refractivity contribution in [2.75, 3.05) is 11.1 Å². The highest BCUT2D eigenvalue weighted by molar-refractivity contribution is 7.99. The predicted molar refractivity (Wildman–Crippen MR) is 80.2 cm³/mol. The fourth-order valence-corrected chi connectivity index (χ4v) is 2.82. The van der Waals surface area contributed by atoms with Crippen LogP contribution in [-0.4, -0.2) is 41.1 Å². The fourth-order valence-electron chi connectivity index (χ4n) is 1.40. The average Bonchev–Trinajstić information content (AvgIpc) is 3.06. The van der Waals surface area contributed by atoms with Gasteiger partial charge in [-0.05, 0) is 13.3 Å². The van der Waals surface area contributed by atoms with Crippen molar-refractivity contribution in [1.82, 2.24) is 24.4 Å². The Hall–Kier alpha value is -1.52. The Labute approximate surface area is 130 Å². The molecule has 114 valence electrons. The number of aliphatic hydroxyl groups excluding tert-OH is 1. The van der Waals surface area contributed by atoms with Gasteiger partial charge in [-0.1, -0.05) is 23.9 Å². The van der Waals surface area contributed by atoms with Crippen LogP contribution in [0.3, 0.4) is 0 Å². The summed E-state index contributed by atoms with van der Waals surface area (Å²) < 4.78 is 5.52. The van der Waals surface area contributed by atoms with Crippen LogP contribution < -0.4 is 5.32 Å². The van der Waals surface area contributed by atoms with Crippen LogP contribution in [0.4, 0.5) is 5.13 Å². The molecule has 2 aromatic heterocycles. The summed E-state index contributed by atoms with van der Waals surface area (Å²) in [6.07, 6.45) is 1.87. The molecule has 0 aromatic carbocycles. The normalized spacial score (nSPS) is 12.3. The van der Waals surface area contributed by atoms with Gasteiger partial charge < -0.3 is 5.11 Å². The first-order valence-corrected chi connectivity index (χ1v) is 8.19. The number of nitrogens with zero attached hydrogens (tertiary/aromatic N) is 5. The third-order valence-corrected chi connectivity index (χ3v) is 4.18. The first-order valence-electron chi connectivity index (χ1n) is 6.43. The third-order valence-electron chi connectivity index (χ3n) is 2.38. The Balaban J connectivity index is 1.87. The molecule has 0 saturated heterocycles. The van der Waals surface area contributed by atoms with Crippen molar-refractivity contribution in [3.8, 4) is 0 Å². The molecule has 2 rings (SSSR count). The third kappa shape index (κ3) is 4.76. The van der Waals surface area contributed by atoms with Gasteiger partial charge in [-0.25, -0.2) is 4.68 Å². The summed E-state index contributed by atoms with van der Waals surface area (Å²) in [7, 11) is 0. The highest BCUT2D eigenvalue weighted by Gasteiger charge is 2.11. The number of thioether (sulfide) groups is 1. The highest BCUT2D eigenvalue weighted by Crippen LogP contribution is 2.20. The van der Waals surface area contributed by atoms with Crippen molar-refractivity contribution in [2.45, 2.75) is 38.1 Å². The lowest BCUT2D eigenvalue weighted by atomic mass is 10.3. The maximum absolute atomic E-state index is 11.9. The minimum atomic E-state index is -0.705. The van der Waals surface area contributed by atoms with E-state index in [9.17, 15) is 9.90 Å². The summed E-state index contributed by atoms with van der Waals surface area (Å²) in [6.45, 7) is 3.68. The summed E-state index contributed by atoms with van der Waals surface area (Å²) in [6, 6.07) is 0. The van der Waals surface area contributed by atoms with E-state index in [1.165, 1.54) is 10.9 Å². The maximum atomic E-state index is 11.9. The number of carbonyl (C=O) groups is 1. The van der Waals surface area contributed by atoms with Crippen LogP contribution in [0.1, 0.15) is 32.1 Å². The van der Waals surface area contributed by atoms with Crippen LogP contribution in [0.15, 0.2) is 11.4 Å². The first-order chi connectivity index (χ1) is 10.1. The van der Waals surface area contributed by atoms with Gasteiger partial charge in [0.1, 0.15) is 12.2 Å². The Bertz CT molecular complexity index is 597. The number of anilines is 1. The zero-order chi connectivity index (χ0) is 15.2. The van der Waals surface area contributed by atoms with E-state index in [0.717, 1.165) is 23.7 Å². The molecule has 0 fully saturated rings. The molecule has 8 nitrogen and oxygen atoms in total. The standard InChI is InChI=1S/C11H16N6O2S2/c1-3-4-20-11-13-10(21-15-11)12-9(19)6-17-5-8(7(2)18)14-16-17/h5,7,18H,3-4,6H2,1-2H3,(H,12,13,15,19). The Morgan fingerprint density at radius 1 is 1.62 bits per heavy atom. The summed E-state index contributed by atoms with van der Waals surface area (Å²) in [5.74, 6) is 0.686. The van der Waals surface area contributed by atoms with E-state index in [-0.39, 0.29) is 12.5 Å². The lowest BCUT2D eigenvalue weighted by Gasteiger charge is -2.00.